The predicted molar refractivity (Wildman–Crippen MR) is 131 cm³/mol. The van der Waals surface area contributed by atoms with Crippen molar-refractivity contribution in [3.63, 3.8) is 0 Å². The van der Waals surface area contributed by atoms with Crippen LogP contribution in [0.3, 0.4) is 0 Å². The second kappa shape index (κ2) is 9.49. The number of H-pyrrole nitrogens is 1. The van der Waals surface area contributed by atoms with Gasteiger partial charge in [0.2, 0.25) is 5.88 Å². The number of fused-ring (bicyclic) bond motifs is 4. The number of hydrogen-bond donors (Lipinski definition) is 1. The van der Waals surface area contributed by atoms with Crippen LogP contribution in [0.1, 0.15) is 72.6 Å². The largest absolute Gasteiger partial charge is 0.417 e. The summed E-state index contributed by atoms with van der Waals surface area (Å²) in [4.78, 5) is 31.8. The predicted octanol–water partition coefficient (Wildman–Crippen LogP) is 5.07. The van der Waals surface area contributed by atoms with Crippen molar-refractivity contribution in [1.82, 2.24) is 24.8 Å². The monoisotopic (exact) mass is 477 g/mol. The maximum atomic E-state index is 16.0. The SMILES string of the molecule is CCCc1[nH]c2c(c1C(=O)C(C)C)CCc1cnc(Oc3ncnc4c3CN(CC)CC4)c(F)c1-2. The number of ether oxygens (including phenoxy) is 1. The van der Waals surface area contributed by atoms with Crippen molar-refractivity contribution in [1.29, 1.82) is 0 Å². The van der Waals surface area contributed by atoms with Crippen molar-refractivity contribution in [2.45, 2.75) is 66.3 Å². The average Bonchev–Trinajstić information content (AvgIpc) is 3.23. The molecule has 7 nitrogen and oxygen atoms in total. The lowest BCUT2D eigenvalue weighted by Gasteiger charge is -2.27. The fraction of sp³-hybridized carbons (Fsp3) is 0.481. The summed E-state index contributed by atoms with van der Waals surface area (Å²) >= 11 is 0. The number of pyridine rings is 1. The molecule has 0 atom stereocenters. The van der Waals surface area contributed by atoms with E-state index in [1.807, 2.05) is 13.8 Å². The van der Waals surface area contributed by atoms with Gasteiger partial charge in [0.05, 0.1) is 17.0 Å². The van der Waals surface area contributed by atoms with E-state index in [0.29, 0.717) is 36.5 Å². The third-order valence-corrected chi connectivity index (χ3v) is 7.09. The molecule has 5 rings (SSSR count). The van der Waals surface area contributed by atoms with E-state index in [9.17, 15) is 4.79 Å². The Kier molecular flexibility index (Phi) is 6.40. The summed E-state index contributed by atoms with van der Waals surface area (Å²) in [6.07, 6.45) is 6.91. The van der Waals surface area contributed by atoms with E-state index in [2.05, 4.69) is 38.7 Å². The number of hydrogen-bond acceptors (Lipinski definition) is 6. The van der Waals surface area contributed by atoms with Gasteiger partial charge in [-0.3, -0.25) is 9.69 Å². The fourth-order valence-electron chi connectivity index (χ4n) is 5.20. The topological polar surface area (TPSA) is 84.0 Å². The van der Waals surface area contributed by atoms with Crippen molar-refractivity contribution in [2.75, 3.05) is 13.1 Å². The Labute approximate surface area is 205 Å². The highest BCUT2D eigenvalue weighted by Gasteiger charge is 2.32. The lowest BCUT2D eigenvalue weighted by atomic mass is 9.86. The number of carbonyl (C=O) groups excluding carboxylic acids is 1. The Bertz CT molecular complexity index is 1280. The van der Waals surface area contributed by atoms with Crippen LogP contribution in [0, 0.1) is 11.7 Å². The van der Waals surface area contributed by atoms with Gasteiger partial charge in [-0.1, -0.05) is 34.1 Å². The van der Waals surface area contributed by atoms with Crippen molar-refractivity contribution in [3.05, 3.63) is 52.0 Å². The first-order chi connectivity index (χ1) is 16.9. The van der Waals surface area contributed by atoms with Crippen LogP contribution in [0.15, 0.2) is 12.5 Å². The van der Waals surface area contributed by atoms with E-state index < -0.39 is 5.82 Å². The molecule has 2 aliphatic rings. The van der Waals surface area contributed by atoms with E-state index in [4.69, 9.17) is 4.74 Å². The van der Waals surface area contributed by atoms with E-state index >= 15 is 4.39 Å². The zero-order chi connectivity index (χ0) is 24.7. The highest BCUT2D eigenvalue weighted by atomic mass is 19.1. The molecule has 0 amide bonds. The number of ketones is 1. The number of nitrogens with zero attached hydrogens (tertiary/aromatic N) is 4. The van der Waals surface area contributed by atoms with E-state index in [1.165, 1.54) is 6.33 Å². The molecule has 0 bridgehead atoms. The summed E-state index contributed by atoms with van der Waals surface area (Å²) in [6, 6.07) is 0. The standard InChI is InChI=1S/C27H32FN5O2/c1-5-7-20-22(25(34)15(3)4)17-9-8-16-12-29-27(23(28)21(16)24(17)32-20)35-26-18-13-33(6-2)11-10-19(18)30-14-31-26/h12,14-15,32H,5-11,13H2,1-4H3. The maximum Gasteiger partial charge on any atom is 0.258 e. The summed E-state index contributed by atoms with van der Waals surface area (Å²) in [5, 5.41) is 0. The van der Waals surface area contributed by atoms with E-state index in [0.717, 1.165) is 66.0 Å². The molecule has 0 radical (unpaired) electrons. The van der Waals surface area contributed by atoms with Crippen LogP contribution in [-0.4, -0.2) is 43.7 Å². The zero-order valence-corrected chi connectivity index (χ0v) is 20.9. The van der Waals surface area contributed by atoms with E-state index in [-0.39, 0.29) is 17.6 Å². The summed E-state index contributed by atoms with van der Waals surface area (Å²) in [5.74, 6) is -0.293. The second-order valence-corrected chi connectivity index (χ2v) is 9.70. The van der Waals surface area contributed by atoms with Gasteiger partial charge in [0, 0.05) is 48.4 Å². The number of likely N-dealkylation sites (N-methyl/N-ethyl adjacent to an activating group) is 1. The molecular formula is C27H32FN5O2. The molecule has 8 heteroatoms. The van der Waals surface area contributed by atoms with Crippen LogP contribution in [0.2, 0.25) is 0 Å². The zero-order valence-electron chi connectivity index (χ0n) is 20.9. The minimum Gasteiger partial charge on any atom is -0.417 e. The Morgan fingerprint density at radius 2 is 1.97 bits per heavy atom. The summed E-state index contributed by atoms with van der Waals surface area (Å²) in [7, 11) is 0. The Morgan fingerprint density at radius 1 is 1.14 bits per heavy atom. The number of halogens is 1. The Morgan fingerprint density at radius 3 is 2.71 bits per heavy atom. The van der Waals surface area contributed by atoms with Crippen LogP contribution >= 0.6 is 0 Å². The van der Waals surface area contributed by atoms with Gasteiger partial charge in [0.1, 0.15) is 6.33 Å². The second-order valence-electron chi connectivity index (χ2n) is 9.70. The third kappa shape index (κ3) is 4.14. The maximum absolute atomic E-state index is 16.0. The molecule has 0 saturated carbocycles. The summed E-state index contributed by atoms with van der Waals surface area (Å²) < 4.78 is 22.0. The molecular weight excluding hydrogens is 445 g/mol. The first-order valence-electron chi connectivity index (χ1n) is 12.6. The number of aryl methyl sites for hydroxylation is 2. The molecule has 1 N–H and O–H groups in total. The highest BCUT2D eigenvalue weighted by Crippen LogP contribution is 2.41. The van der Waals surface area contributed by atoms with Crippen LogP contribution < -0.4 is 4.74 Å². The van der Waals surface area contributed by atoms with Gasteiger partial charge in [-0.25, -0.2) is 19.3 Å². The Hall–Kier alpha value is -3.13. The van der Waals surface area contributed by atoms with Crippen molar-refractivity contribution in [3.8, 4) is 23.0 Å². The molecule has 0 aromatic carbocycles. The summed E-state index contributed by atoms with van der Waals surface area (Å²) in [6.45, 7) is 10.5. The molecule has 1 aliphatic heterocycles. The molecule has 3 aromatic rings. The number of Topliss-reactive ketones (excluding diaryl/α,β-unsaturated/α-hetero) is 1. The molecule has 0 unspecified atom stereocenters. The first kappa shape index (κ1) is 23.6. The molecule has 35 heavy (non-hydrogen) atoms. The number of aromatic amines is 1. The van der Waals surface area contributed by atoms with Gasteiger partial charge in [0.15, 0.2) is 11.6 Å². The van der Waals surface area contributed by atoms with Crippen LogP contribution in [0.5, 0.6) is 11.8 Å². The van der Waals surface area contributed by atoms with Crippen LogP contribution in [0.25, 0.3) is 11.3 Å². The average molecular weight is 478 g/mol. The van der Waals surface area contributed by atoms with E-state index in [1.54, 1.807) is 6.20 Å². The molecule has 184 valence electrons. The lowest BCUT2D eigenvalue weighted by molar-refractivity contribution is 0.0937. The number of rotatable bonds is 7. The minimum atomic E-state index is -0.521. The van der Waals surface area contributed by atoms with Gasteiger partial charge in [-0.05, 0) is 36.9 Å². The molecule has 4 heterocycles. The first-order valence-corrected chi connectivity index (χ1v) is 12.6. The van der Waals surface area contributed by atoms with Crippen molar-refractivity contribution < 1.29 is 13.9 Å². The quantitative estimate of drug-likeness (QED) is 0.479. The lowest BCUT2D eigenvalue weighted by Crippen LogP contribution is -2.31. The van der Waals surface area contributed by atoms with Gasteiger partial charge in [-0.2, -0.15) is 0 Å². The van der Waals surface area contributed by atoms with Crippen LogP contribution in [-0.2, 0) is 32.2 Å². The summed E-state index contributed by atoms with van der Waals surface area (Å²) in [5.41, 5.74) is 6.32. The highest BCUT2D eigenvalue weighted by molar-refractivity contribution is 6.02. The molecule has 0 spiro atoms. The van der Waals surface area contributed by atoms with Gasteiger partial charge < -0.3 is 9.72 Å². The smallest absolute Gasteiger partial charge is 0.258 e. The van der Waals surface area contributed by atoms with Crippen molar-refractivity contribution >= 4 is 5.78 Å². The van der Waals surface area contributed by atoms with Crippen LogP contribution in [0.4, 0.5) is 4.39 Å². The Balaban J connectivity index is 1.57. The molecule has 3 aromatic heterocycles. The number of nitrogens with one attached hydrogen (secondary N) is 1. The van der Waals surface area contributed by atoms with Gasteiger partial charge in [0.25, 0.3) is 5.88 Å². The normalized spacial score (nSPS) is 15.0. The van der Waals surface area contributed by atoms with Crippen molar-refractivity contribution in [2.24, 2.45) is 5.92 Å². The van der Waals surface area contributed by atoms with Gasteiger partial charge >= 0.3 is 0 Å². The van der Waals surface area contributed by atoms with Gasteiger partial charge in [-0.15, -0.1) is 0 Å². The fourth-order valence-corrected chi connectivity index (χ4v) is 5.20. The molecule has 0 saturated heterocycles. The number of carbonyl (C=O) groups is 1. The minimum absolute atomic E-state index is 0.102. The number of aromatic nitrogens is 4. The molecule has 0 fully saturated rings. The molecule has 1 aliphatic carbocycles. The third-order valence-electron chi connectivity index (χ3n) is 7.09.